The van der Waals surface area contributed by atoms with Gasteiger partial charge in [0.1, 0.15) is 5.82 Å². The molecule has 0 aliphatic rings. The third kappa shape index (κ3) is 7.14. The number of nitrogens with zero attached hydrogens (tertiary/aromatic N) is 1. The zero-order valence-corrected chi connectivity index (χ0v) is 14.2. The number of aliphatic imine (C=N–C) groups is 1. The van der Waals surface area contributed by atoms with Gasteiger partial charge in [-0.05, 0) is 31.5 Å². The van der Waals surface area contributed by atoms with Gasteiger partial charge in [0.05, 0.1) is 18.0 Å². The number of hydrogen-bond donors (Lipinski definition) is 3. The van der Waals surface area contributed by atoms with Crippen molar-refractivity contribution >= 4 is 21.7 Å². The molecule has 1 aromatic carbocycles. The van der Waals surface area contributed by atoms with Crippen LogP contribution >= 0.6 is 0 Å². The van der Waals surface area contributed by atoms with Crippen LogP contribution in [0.25, 0.3) is 0 Å². The molecule has 0 heterocycles. The lowest BCUT2D eigenvalue weighted by Gasteiger charge is -2.10. The summed E-state index contributed by atoms with van der Waals surface area (Å²) in [5.74, 6) is -0.136. The first-order chi connectivity index (χ1) is 10.9. The number of hydrogen-bond acceptors (Lipinski definition) is 3. The molecule has 0 radical (unpaired) electrons. The van der Waals surface area contributed by atoms with E-state index in [0.29, 0.717) is 24.6 Å². The number of rotatable bonds is 8. The van der Waals surface area contributed by atoms with Gasteiger partial charge in [-0.15, -0.1) is 6.58 Å². The zero-order chi connectivity index (χ0) is 17.3. The van der Waals surface area contributed by atoms with Crippen molar-refractivity contribution in [3.63, 3.8) is 0 Å². The number of aryl methyl sites for hydroxylation is 1. The fraction of sp³-hybridized carbons (Fsp3) is 0.400. The summed E-state index contributed by atoms with van der Waals surface area (Å²) in [6.07, 6.45) is 1.68. The normalized spacial score (nSPS) is 11.9. The zero-order valence-electron chi connectivity index (χ0n) is 13.4. The van der Waals surface area contributed by atoms with Gasteiger partial charge in [0.25, 0.3) is 0 Å². The van der Waals surface area contributed by atoms with Crippen LogP contribution in [0.15, 0.2) is 35.8 Å². The van der Waals surface area contributed by atoms with Crippen molar-refractivity contribution < 1.29 is 12.8 Å². The molecule has 3 N–H and O–H groups in total. The van der Waals surface area contributed by atoms with Crippen molar-refractivity contribution in [3.8, 4) is 0 Å². The highest BCUT2D eigenvalue weighted by Crippen LogP contribution is 2.14. The van der Waals surface area contributed by atoms with Gasteiger partial charge in [0, 0.05) is 13.1 Å². The third-order valence-corrected chi connectivity index (χ3v) is 4.10. The Bertz CT molecular complexity index is 659. The highest BCUT2D eigenvalue weighted by molar-refractivity contribution is 7.92. The van der Waals surface area contributed by atoms with E-state index in [1.165, 1.54) is 12.1 Å². The molecule has 1 aromatic rings. The first-order valence-electron chi connectivity index (χ1n) is 7.27. The summed E-state index contributed by atoms with van der Waals surface area (Å²) in [6.45, 7) is 8.38. The van der Waals surface area contributed by atoms with Crippen LogP contribution in [-0.2, 0) is 10.0 Å². The first kappa shape index (κ1) is 19.0. The topological polar surface area (TPSA) is 82.6 Å². The van der Waals surface area contributed by atoms with Crippen LogP contribution in [0.2, 0.25) is 0 Å². The van der Waals surface area contributed by atoms with E-state index in [1.807, 2.05) is 6.92 Å². The average Bonchev–Trinajstić information content (AvgIpc) is 2.48. The number of benzene rings is 1. The van der Waals surface area contributed by atoms with Gasteiger partial charge in [-0.1, -0.05) is 12.1 Å². The van der Waals surface area contributed by atoms with Gasteiger partial charge in [0.2, 0.25) is 10.0 Å². The smallest absolute Gasteiger partial charge is 0.234 e. The molecule has 0 aliphatic carbocycles. The van der Waals surface area contributed by atoms with Crippen LogP contribution in [-0.4, -0.2) is 39.8 Å². The molecule has 0 amide bonds. The lowest BCUT2D eigenvalue weighted by molar-refractivity contribution is 0.600. The molecule has 0 bridgehead atoms. The van der Waals surface area contributed by atoms with Crippen LogP contribution in [0.1, 0.15) is 12.5 Å². The van der Waals surface area contributed by atoms with E-state index in [-0.39, 0.29) is 18.0 Å². The van der Waals surface area contributed by atoms with E-state index in [9.17, 15) is 12.8 Å². The van der Waals surface area contributed by atoms with Crippen LogP contribution in [0.5, 0.6) is 0 Å². The number of guanidine groups is 1. The summed E-state index contributed by atoms with van der Waals surface area (Å²) in [6, 6.07) is 4.20. The highest BCUT2D eigenvalue weighted by atomic mass is 32.2. The molecule has 8 heteroatoms. The Kier molecular flexibility index (Phi) is 7.53. The summed E-state index contributed by atoms with van der Waals surface area (Å²) in [5.41, 5.74) is 0.662. The monoisotopic (exact) mass is 342 g/mol. The maximum Gasteiger partial charge on any atom is 0.234 e. The summed E-state index contributed by atoms with van der Waals surface area (Å²) in [4.78, 5) is 4.16. The van der Waals surface area contributed by atoms with E-state index in [2.05, 4.69) is 26.9 Å². The minimum Gasteiger partial charge on any atom is -0.357 e. The summed E-state index contributed by atoms with van der Waals surface area (Å²) >= 11 is 0. The van der Waals surface area contributed by atoms with Crippen molar-refractivity contribution in [2.75, 3.05) is 30.1 Å². The second-order valence-corrected chi connectivity index (χ2v) is 6.66. The predicted octanol–water partition coefficient (Wildman–Crippen LogP) is 1.62. The van der Waals surface area contributed by atoms with Gasteiger partial charge >= 0.3 is 0 Å². The molecule has 0 unspecified atom stereocenters. The van der Waals surface area contributed by atoms with Crippen LogP contribution in [0, 0.1) is 12.7 Å². The molecule has 23 heavy (non-hydrogen) atoms. The quantitative estimate of drug-likeness (QED) is 0.381. The van der Waals surface area contributed by atoms with Crippen LogP contribution in [0.4, 0.5) is 10.1 Å². The fourth-order valence-corrected chi connectivity index (χ4v) is 2.59. The highest BCUT2D eigenvalue weighted by Gasteiger charge is 2.11. The molecule has 0 saturated heterocycles. The summed E-state index contributed by atoms with van der Waals surface area (Å²) < 4.78 is 39.8. The van der Waals surface area contributed by atoms with Crippen molar-refractivity contribution in [1.29, 1.82) is 0 Å². The third-order valence-electron chi connectivity index (χ3n) is 2.83. The van der Waals surface area contributed by atoms with Crippen molar-refractivity contribution in [2.45, 2.75) is 13.8 Å². The Balaban J connectivity index is 2.63. The number of halogens is 1. The molecule has 0 atom stereocenters. The Morgan fingerprint density at radius 1 is 1.39 bits per heavy atom. The number of nitrogens with one attached hydrogen (secondary N) is 3. The Hall–Kier alpha value is -2.09. The second kappa shape index (κ2) is 9.14. The fourth-order valence-electron chi connectivity index (χ4n) is 1.68. The maximum atomic E-state index is 13.4. The summed E-state index contributed by atoms with van der Waals surface area (Å²) in [7, 11) is -3.59. The Labute approximate surface area is 136 Å². The van der Waals surface area contributed by atoms with Crippen LogP contribution in [0.3, 0.4) is 0 Å². The molecule has 0 fully saturated rings. The largest absolute Gasteiger partial charge is 0.357 e. The molecule has 0 aromatic heterocycles. The van der Waals surface area contributed by atoms with E-state index >= 15 is 0 Å². The molecular formula is C15H23FN4O2S. The number of sulfonamides is 1. The second-order valence-electron chi connectivity index (χ2n) is 4.82. The van der Waals surface area contributed by atoms with E-state index in [1.54, 1.807) is 13.0 Å². The van der Waals surface area contributed by atoms with E-state index in [0.717, 1.165) is 6.07 Å². The van der Waals surface area contributed by atoms with E-state index < -0.39 is 15.8 Å². The molecule has 128 valence electrons. The van der Waals surface area contributed by atoms with Gasteiger partial charge in [-0.2, -0.15) is 0 Å². The van der Waals surface area contributed by atoms with Crippen molar-refractivity contribution in [2.24, 2.45) is 4.99 Å². The average molecular weight is 342 g/mol. The molecule has 1 rings (SSSR count). The SMILES string of the molecule is C=CCNC(=NCCS(=O)(=O)Nc1ccc(C)c(F)c1)NCC. The molecule has 0 spiro atoms. The minimum atomic E-state index is -3.59. The Morgan fingerprint density at radius 3 is 2.74 bits per heavy atom. The number of anilines is 1. The predicted molar refractivity (Wildman–Crippen MR) is 92.7 cm³/mol. The van der Waals surface area contributed by atoms with Gasteiger partial charge in [0.15, 0.2) is 5.96 Å². The summed E-state index contributed by atoms with van der Waals surface area (Å²) in [5, 5.41) is 5.97. The van der Waals surface area contributed by atoms with Gasteiger partial charge in [-0.3, -0.25) is 9.71 Å². The Morgan fingerprint density at radius 2 is 2.13 bits per heavy atom. The minimum absolute atomic E-state index is 0.0795. The van der Waals surface area contributed by atoms with Crippen molar-refractivity contribution in [1.82, 2.24) is 10.6 Å². The van der Waals surface area contributed by atoms with Crippen LogP contribution < -0.4 is 15.4 Å². The lowest BCUT2D eigenvalue weighted by atomic mass is 10.2. The van der Waals surface area contributed by atoms with E-state index in [4.69, 9.17) is 0 Å². The molecule has 0 aliphatic heterocycles. The lowest BCUT2D eigenvalue weighted by Crippen LogP contribution is -2.37. The van der Waals surface area contributed by atoms with Gasteiger partial charge < -0.3 is 10.6 Å². The molecular weight excluding hydrogens is 319 g/mol. The maximum absolute atomic E-state index is 13.4. The van der Waals surface area contributed by atoms with Crippen molar-refractivity contribution in [3.05, 3.63) is 42.2 Å². The molecule has 0 saturated carbocycles. The first-order valence-corrected chi connectivity index (χ1v) is 8.93. The molecule has 6 nitrogen and oxygen atoms in total. The standard InChI is InChI=1S/C15H23FN4O2S/c1-4-8-18-15(17-5-2)19-9-10-23(21,22)20-13-7-6-12(3)14(16)11-13/h4,6-7,11,20H,1,5,8-10H2,2-3H3,(H2,17,18,19). The van der Waals surface area contributed by atoms with Gasteiger partial charge in [-0.25, -0.2) is 12.8 Å².